The fourth-order valence-corrected chi connectivity index (χ4v) is 2.43. The Morgan fingerprint density at radius 3 is 2.63 bits per heavy atom. The Kier molecular flexibility index (Phi) is 4.17. The molecule has 0 unspecified atom stereocenters. The topological polar surface area (TPSA) is 56.7 Å². The first-order valence-corrected chi connectivity index (χ1v) is 6.59. The number of β-amino-alcohol motifs (C(OH)–C–C–N with tert-alkyl or cyclic N) is 1. The lowest BCUT2D eigenvalue weighted by atomic mass is 10.1. The van der Waals surface area contributed by atoms with Gasteiger partial charge in [0, 0.05) is 38.9 Å². The molecule has 1 aliphatic rings. The van der Waals surface area contributed by atoms with Crippen molar-refractivity contribution in [3.05, 3.63) is 23.9 Å². The summed E-state index contributed by atoms with van der Waals surface area (Å²) >= 11 is 0. The van der Waals surface area contributed by atoms with Crippen molar-refractivity contribution in [1.82, 2.24) is 9.88 Å². The number of carbonyl (C=O) groups excluding carboxylic acids is 1. The zero-order valence-corrected chi connectivity index (χ0v) is 11.5. The second kappa shape index (κ2) is 5.67. The lowest BCUT2D eigenvalue weighted by Crippen LogP contribution is -2.50. The number of aldehydes is 1. The summed E-state index contributed by atoms with van der Waals surface area (Å²) in [6.07, 6.45) is 2.57. The lowest BCUT2D eigenvalue weighted by Gasteiger charge is -2.38. The Balaban J connectivity index is 1.98. The number of pyridine rings is 1. The molecule has 2 rings (SSSR count). The highest BCUT2D eigenvalue weighted by molar-refractivity contribution is 5.82. The molecule has 0 bridgehead atoms. The maximum Gasteiger partial charge on any atom is 0.153 e. The molecule has 0 amide bonds. The summed E-state index contributed by atoms with van der Waals surface area (Å²) < 4.78 is 0. The second-order valence-electron chi connectivity index (χ2n) is 5.61. The first kappa shape index (κ1) is 14.0. The van der Waals surface area contributed by atoms with E-state index < -0.39 is 5.60 Å². The monoisotopic (exact) mass is 263 g/mol. The highest BCUT2D eigenvalue weighted by atomic mass is 16.3. The number of aromatic nitrogens is 1. The van der Waals surface area contributed by atoms with Crippen molar-refractivity contribution in [2.75, 3.05) is 37.6 Å². The molecule has 0 atom stereocenters. The van der Waals surface area contributed by atoms with Crippen LogP contribution in [0.1, 0.15) is 24.2 Å². The fraction of sp³-hybridized carbons (Fsp3) is 0.571. The summed E-state index contributed by atoms with van der Waals surface area (Å²) in [5.41, 5.74) is -0.0281. The first-order chi connectivity index (χ1) is 8.99. The van der Waals surface area contributed by atoms with Gasteiger partial charge in [0.05, 0.1) is 11.2 Å². The number of hydrogen-bond donors (Lipinski definition) is 1. The molecule has 0 aliphatic carbocycles. The van der Waals surface area contributed by atoms with Crippen LogP contribution in [0.15, 0.2) is 18.3 Å². The van der Waals surface area contributed by atoms with Crippen LogP contribution in [0.3, 0.4) is 0 Å². The van der Waals surface area contributed by atoms with E-state index in [1.807, 2.05) is 13.8 Å². The lowest BCUT2D eigenvalue weighted by molar-refractivity contribution is 0.0344. The predicted octanol–water partition coefficient (Wildman–Crippen LogP) is 0.787. The van der Waals surface area contributed by atoms with E-state index in [-0.39, 0.29) is 0 Å². The third-order valence-electron chi connectivity index (χ3n) is 3.23. The van der Waals surface area contributed by atoms with E-state index in [0.717, 1.165) is 38.3 Å². The van der Waals surface area contributed by atoms with Crippen molar-refractivity contribution in [2.45, 2.75) is 19.4 Å². The van der Waals surface area contributed by atoms with Crippen molar-refractivity contribution in [3.63, 3.8) is 0 Å². The first-order valence-electron chi connectivity index (χ1n) is 6.59. The SMILES string of the molecule is CC(C)(O)CN1CCN(c2ncccc2C=O)CC1. The Bertz CT molecular complexity index is 435. The van der Waals surface area contributed by atoms with E-state index in [0.29, 0.717) is 12.1 Å². The van der Waals surface area contributed by atoms with Crippen LogP contribution in [0.4, 0.5) is 5.82 Å². The van der Waals surface area contributed by atoms with Crippen LogP contribution in [-0.4, -0.2) is 59.6 Å². The van der Waals surface area contributed by atoms with Gasteiger partial charge in [-0.3, -0.25) is 9.69 Å². The van der Waals surface area contributed by atoms with E-state index in [1.165, 1.54) is 0 Å². The number of hydrogen-bond acceptors (Lipinski definition) is 5. The largest absolute Gasteiger partial charge is 0.389 e. The molecule has 1 saturated heterocycles. The van der Waals surface area contributed by atoms with E-state index in [9.17, 15) is 9.90 Å². The molecule has 0 saturated carbocycles. The van der Waals surface area contributed by atoms with Gasteiger partial charge in [0.1, 0.15) is 5.82 Å². The van der Waals surface area contributed by atoms with Crippen molar-refractivity contribution >= 4 is 12.1 Å². The molecule has 5 nitrogen and oxygen atoms in total. The average molecular weight is 263 g/mol. The summed E-state index contributed by atoms with van der Waals surface area (Å²) in [7, 11) is 0. The molecule has 1 aromatic heterocycles. The van der Waals surface area contributed by atoms with Crippen LogP contribution in [-0.2, 0) is 0 Å². The quantitative estimate of drug-likeness (QED) is 0.814. The van der Waals surface area contributed by atoms with Crippen LogP contribution in [0.5, 0.6) is 0 Å². The van der Waals surface area contributed by atoms with Crippen LogP contribution in [0, 0.1) is 0 Å². The number of piperazine rings is 1. The molecule has 1 N–H and O–H groups in total. The van der Waals surface area contributed by atoms with Crippen LogP contribution >= 0.6 is 0 Å². The van der Waals surface area contributed by atoms with E-state index in [1.54, 1.807) is 18.3 Å². The van der Waals surface area contributed by atoms with Crippen LogP contribution in [0.2, 0.25) is 0 Å². The summed E-state index contributed by atoms with van der Waals surface area (Å²) in [6.45, 7) is 7.72. The molecule has 1 aromatic rings. The molecule has 1 fully saturated rings. The van der Waals surface area contributed by atoms with Gasteiger partial charge in [-0.05, 0) is 26.0 Å². The minimum atomic E-state index is -0.666. The van der Waals surface area contributed by atoms with E-state index >= 15 is 0 Å². The molecule has 19 heavy (non-hydrogen) atoms. The molecular weight excluding hydrogens is 242 g/mol. The Morgan fingerprint density at radius 1 is 1.37 bits per heavy atom. The van der Waals surface area contributed by atoms with Gasteiger partial charge < -0.3 is 10.0 Å². The number of rotatable bonds is 4. The van der Waals surface area contributed by atoms with Gasteiger partial charge in [0.15, 0.2) is 6.29 Å². The normalized spacial score (nSPS) is 17.5. The predicted molar refractivity (Wildman–Crippen MR) is 74.6 cm³/mol. The number of carbonyl (C=O) groups is 1. The molecule has 0 aromatic carbocycles. The minimum Gasteiger partial charge on any atom is -0.389 e. The molecular formula is C14H21N3O2. The molecule has 2 heterocycles. The van der Waals surface area contributed by atoms with Gasteiger partial charge in [-0.1, -0.05) is 0 Å². The minimum absolute atomic E-state index is 0.637. The molecule has 0 radical (unpaired) electrons. The van der Waals surface area contributed by atoms with Crippen LogP contribution < -0.4 is 4.90 Å². The number of aliphatic hydroxyl groups is 1. The third-order valence-corrected chi connectivity index (χ3v) is 3.23. The smallest absolute Gasteiger partial charge is 0.153 e. The Labute approximate surface area is 113 Å². The van der Waals surface area contributed by atoms with Gasteiger partial charge in [-0.2, -0.15) is 0 Å². The maximum atomic E-state index is 11.0. The fourth-order valence-electron chi connectivity index (χ4n) is 2.43. The van der Waals surface area contributed by atoms with Gasteiger partial charge in [-0.15, -0.1) is 0 Å². The average Bonchev–Trinajstić information content (AvgIpc) is 2.38. The molecule has 1 aliphatic heterocycles. The van der Waals surface area contributed by atoms with Gasteiger partial charge in [-0.25, -0.2) is 4.98 Å². The van der Waals surface area contributed by atoms with Gasteiger partial charge in [0.25, 0.3) is 0 Å². The summed E-state index contributed by atoms with van der Waals surface area (Å²) in [5, 5.41) is 9.82. The van der Waals surface area contributed by atoms with Crippen molar-refractivity contribution in [2.24, 2.45) is 0 Å². The van der Waals surface area contributed by atoms with E-state index in [2.05, 4.69) is 14.8 Å². The van der Waals surface area contributed by atoms with Crippen LogP contribution in [0.25, 0.3) is 0 Å². The van der Waals surface area contributed by atoms with Gasteiger partial charge >= 0.3 is 0 Å². The van der Waals surface area contributed by atoms with Crippen molar-refractivity contribution in [3.8, 4) is 0 Å². The maximum absolute atomic E-state index is 11.0. The third kappa shape index (κ3) is 3.75. The standard InChI is InChI=1S/C14H21N3O2/c1-14(2,19)11-16-6-8-17(9-7-16)13-12(10-18)4-3-5-15-13/h3-5,10,19H,6-9,11H2,1-2H3. The molecule has 0 spiro atoms. The summed E-state index contributed by atoms with van der Waals surface area (Å²) in [6, 6.07) is 3.57. The van der Waals surface area contributed by atoms with Gasteiger partial charge in [0.2, 0.25) is 0 Å². The van der Waals surface area contributed by atoms with Crippen molar-refractivity contribution in [1.29, 1.82) is 0 Å². The van der Waals surface area contributed by atoms with Crippen molar-refractivity contribution < 1.29 is 9.90 Å². The van der Waals surface area contributed by atoms with E-state index in [4.69, 9.17) is 0 Å². The zero-order valence-electron chi connectivity index (χ0n) is 11.5. The number of nitrogens with zero attached hydrogens (tertiary/aromatic N) is 3. The summed E-state index contributed by atoms with van der Waals surface area (Å²) in [5.74, 6) is 0.764. The number of anilines is 1. The highest BCUT2D eigenvalue weighted by Gasteiger charge is 2.24. The second-order valence-corrected chi connectivity index (χ2v) is 5.61. The highest BCUT2D eigenvalue weighted by Crippen LogP contribution is 2.18. The molecule has 5 heteroatoms. The Hall–Kier alpha value is -1.46. The molecule has 104 valence electrons. The summed E-state index contributed by atoms with van der Waals surface area (Å²) in [4.78, 5) is 19.7. The Morgan fingerprint density at radius 2 is 2.05 bits per heavy atom. The zero-order chi connectivity index (χ0) is 13.9.